The monoisotopic (exact) mass is 454 g/mol. The molecule has 0 aliphatic carbocycles. The number of Topliss-reactive ketones (excluding diaryl/α,β-unsaturated/α-hetero) is 1. The van der Waals surface area contributed by atoms with Crippen LogP contribution in [0.25, 0.3) is 6.08 Å². The summed E-state index contributed by atoms with van der Waals surface area (Å²) in [5.41, 5.74) is 5.03. The van der Waals surface area contributed by atoms with E-state index in [9.17, 15) is 9.59 Å². The second kappa shape index (κ2) is 10.0. The molecule has 0 bridgehead atoms. The van der Waals surface area contributed by atoms with Gasteiger partial charge in [-0.2, -0.15) is 0 Å². The molecule has 0 atom stereocenters. The molecule has 0 unspecified atom stereocenters. The minimum Gasteiger partial charge on any atom is -0.293 e. The van der Waals surface area contributed by atoms with Crippen LogP contribution < -0.4 is 4.90 Å². The van der Waals surface area contributed by atoms with Crippen molar-refractivity contribution >= 4 is 40.4 Å². The highest BCUT2D eigenvalue weighted by molar-refractivity contribution is 8.14. The van der Waals surface area contributed by atoms with Gasteiger partial charge in [0, 0.05) is 5.56 Å². The van der Waals surface area contributed by atoms with E-state index in [0.717, 1.165) is 16.8 Å². The van der Waals surface area contributed by atoms with Crippen LogP contribution in [0.2, 0.25) is 0 Å². The fraction of sp³-hybridized carbons (Fsp3) is 0.179. The second-order valence-corrected chi connectivity index (χ2v) is 9.24. The number of rotatable bonds is 6. The summed E-state index contributed by atoms with van der Waals surface area (Å²) in [6.07, 6.45) is 1.81. The fourth-order valence-electron chi connectivity index (χ4n) is 3.49. The number of anilines is 1. The van der Waals surface area contributed by atoms with E-state index in [1.165, 1.54) is 17.3 Å². The van der Waals surface area contributed by atoms with Crippen molar-refractivity contribution in [2.24, 2.45) is 4.99 Å². The number of hydrogen-bond donors (Lipinski definition) is 0. The van der Waals surface area contributed by atoms with Crippen molar-refractivity contribution in [3.8, 4) is 0 Å². The van der Waals surface area contributed by atoms with Gasteiger partial charge in [0.05, 0.1) is 11.4 Å². The Morgan fingerprint density at radius 1 is 0.970 bits per heavy atom. The predicted molar refractivity (Wildman–Crippen MR) is 138 cm³/mol. The van der Waals surface area contributed by atoms with Gasteiger partial charge >= 0.3 is 0 Å². The maximum atomic E-state index is 13.3. The Morgan fingerprint density at radius 2 is 1.64 bits per heavy atom. The Labute approximate surface area is 199 Å². The Morgan fingerprint density at radius 3 is 2.27 bits per heavy atom. The summed E-state index contributed by atoms with van der Waals surface area (Å²) in [5.74, 6) is 0.456. The largest absolute Gasteiger partial charge is 0.293 e. The molecule has 1 aliphatic heterocycles. The van der Waals surface area contributed by atoms with Crippen molar-refractivity contribution < 1.29 is 9.59 Å². The smallest absolute Gasteiger partial charge is 0.283 e. The summed E-state index contributed by atoms with van der Waals surface area (Å²) in [6.45, 7) is 6.31. The molecule has 0 spiro atoms. The molecule has 0 saturated carbocycles. The average Bonchev–Trinajstić information content (AvgIpc) is 3.13. The molecular formula is C28H26N2O2S. The van der Waals surface area contributed by atoms with Crippen molar-refractivity contribution in [3.05, 3.63) is 107 Å². The zero-order chi connectivity index (χ0) is 23.4. The van der Waals surface area contributed by atoms with Crippen LogP contribution in [0, 0.1) is 6.92 Å². The van der Waals surface area contributed by atoms with Gasteiger partial charge in [0.25, 0.3) is 5.91 Å². The van der Waals surface area contributed by atoms with Crippen LogP contribution >= 0.6 is 11.8 Å². The maximum absolute atomic E-state index is 13.3. The molecule has 3 aromatic rings. The van der Waals surface area contributed by atoms with Gasteiger partial charge in [-0.15, -0.1) is 0 Å². The Kier molecular flexibility index (Phi) is 6.90. The van der Waals surface area contributed by atoms with Gasteiger partial charge in [-0.3, -0.25) is 14.5 Å². The molecule has 5 heteroatoms. The van der Waals surface area contributed by atoms with E-state index < -0.39 is 0 Å². The molecule has 166 valence electrons. The summed E-state index contributed by atoms with van der Waals surface area (Å²) in [4.78, 5) is 32.2. The van der Waals surface area contributed by atoms with Crippen molar-refractivity contribution in [3.63, 3.8) is 0 Å². The number of benzene rings is 3. The van der Waals surface area contributed by atoms with Crippen molar-refractivity contribution in [2.75, 3.05) is 10.7 Å². The SMILES string of the molecule is Cc1ccc(N2C(=O)C(=Cc3ccc(C(C)C)cc3)N=C2SCC(=O)c2ccccc2)cc1. The van der Waals surface area contributed by atoms with E-state index in [4.69, 9.17) is 0 Å². The normalized spacial score (nSPS) is 14.8. The van der Waals surface area contributed by atoms with E-state index in [2.05, 4.69) is 31.0 Å². The van der Waals surface area contributed by atoms with Crippen LogP contribution in [0.5, 0.6) is 0 Å². The lowest BCUT2D eigenvalue weighted by Gasteiger charge is -2.17. The van der Waals surface area contributed by atoms with Gasteiger partial charge in [0.15, 0.2) is 11.0 Å². The first-order valence-corrected chi connectivity index (χ1v) is 11.9. The van der Waals surface area contributed by atoms with Crippen LogP contribution in [0.1, 0.15) is 46.8 Å². The van der Waals surface area contributed by atoms with Gasteiger partial charge in [0.1, 0.15) is 5.70 Å². The third-order valence-corrected chi connectivity index (χ3v) is 6.39. The molecule has 0 radical (unpaired) electrons. The summed E-state index contributed by atoms with van der Waals surface area (Å²) < 4.78 is 0. The highest BCUT2D eigenvalue weighted by atomic mass is 32.2. The van der Waals surface area contributed by atoms with Crippen LogP contribution in [0.3, 0.4) is 0 Å². The third-order valence-electron chi connectivity index (χ3n) is 5.46. The van der Waals surface area contributed by atoms with E-state index in [-0.39, 0.29) is 17.4 Å². The number of carbonyl (C=O) groups excluding carboxylic acids is 2. The molecule has 1 heterocycles. The zero-order valence-corrected chi connectivity index (χ0v) is 19.8. The molecule has 0 saturated heterocycles. The first-order chi connectivity index (χ1) is 15.9. The molecule has 0 fully saturated rings. The number of nitrogens with zero attached hydrogens (tertiary/aromatic N) is 2. The Bertz CT molecular complexity index is 1210. The molecular weight excluding hydrogens is 428 g/mol. The minimum absolute atomic E-state index is 0.00121. The second-order valence-electron chi connectivity index (χ2n) is 8.30. The van der Waals surface area contributed by atoms with Crippen molar-refractivity contribution in [2.45, 2.75) is 26.7 Å². The summed E-state index contributed by atoms with van der Waals surface area (Å²) in [6, 6.07) is 25.1. The molecule has 4 rings (SSSR count). The van der Waals surface area contributed by atoms with Gasteiger partial charge in [-0.05, 0) is 42.2 Å². The number of amidine groups is 1. The number of thioether (sulfide) groups is 1. The fourth-order valence-corrected chi connectivity index (χ4v) is 4.39. The molecule has 3 aromatic carbocycles. The van der Waals surface area contributed by atoms with Crippen LogP contribution in [-0.2, 0) is 4.79 Å². The molecule has 1 aliphatic rings. The van der Waals surface area contributed by atoms with Crippen LogP contribution in [-0.4, -0.2) is 22.6 Å². The van der Waals surface area contributed by atoms with Gasteiger partial charge in [0.2, 0.25) is 0 Å². The van der Waals surface area contributed by atoms with Crippen LogP contribution in [0.4, 0.5) is 5.69 Å². The first-order valence-electron chi connectivity index (χ1n) is 10.9. The van der Waals surface area contributed by atoms with E-state index in [1.54, 1.807) is 23.1 Å². The average molecular weight is 455 g/mol. The number of carbonyl (C=O) groups is 2. The summed E-state index contributed by atoms with van der Waals surface area (Å²) >= 11 is 1.28. The lowest BCUT2D eigenvalue weighted by molar-refractivity contribution is -0.113. The highest BCUT2D eigenvalue weighted by Crippen LogP contribution is 2.30. The van der Waals surface area contributed by atoms with Gasteiger partial charge in [-0.25, -0.2) is 4.99 Å². The standard InChI is InChI=1S/C28H26N2O2S/c1-19(2)22-13-11-21(12-14-22)17-25-27(32)30(24-15-9-20(3)10-16-24)28(29-25)33-18-26(31)23-7-5-4-6-8-23/h4-17,19H,18H2,1-3H3. The van der Waals surface area contributed by atoms with Crippen LogP contribution in [0.15, 0.2) is 89.6 Å². The van der Waals surface area contributed by atoms with Gasteiger partial charge in [-0.1, -0.05) is 97.9 Å². The zero-order valence-electron chi connectivity index (χ0n) is 19.0. The summed E-state index contributed by atoms with van der Waals surface area (Å²) in [5, 5.41) is 0.512. The number of aryl methyl sites for hydroxylation is 1. The topological polar surface area (TPSA) is 49.7 Å². The molecule has 33 heavy (non-hydrogen) atoms. The Hall–Kier alpha value is -3.44. The number of ketones is 1. The predicted octanol–water partition coefficient (Wildman–Crippen LogP) is 6.48. The maximum Gasteiger partial charge on any atom is 0.283 e. The lowest BCUT2D eigenvalue weighted by Crippen LogP contribution is -2.30. The highest BCUT2D eigenvalue weighted by Gasteiger charge is 2.32. The Balaban J connectivity index is 1.62. The molecule has 0 N–H and O–H groups in total. The molecule has 0 aromatic heterocycles. The number of aliphatic imine (C=N–C) groups is 1. The van der Waals surface area contributed by atoms with Crippen molar-refractivity contribution in [1.29, 1.82) is 0 Å². The van der Waals surface area contributed by atoms with Gasteiger partial charge < -0.3 is 0 Å². The third kappa shape index (κ3) is 5.32. The summed E-state index contributed by atoms with van der Waals surface area (Å²) in [7, 11) is 0. The lowest BCUT2D eigenvalue weighted by atomic mass is 10.0. The first kappa shape index (κ1) is 22.7. The molecule has 4 nitrogen and oxygen atoms in total. The van der Waals surface area contributed by atoms with E-state index in [1.807, 2.05) is 61.5 Å². The van der Waals surface area contributed by atoms with E-state index >= 15 is 0 Å². The molecule has 1 amide bonds. The minimum atomic E-state index is -0.193. The van der Waals surface area contributed by atoms with E-state index in [0.29, 0.717) is 22.3 Å². The number of amides is 1. The number of hydrogen-bond acceptors (Lipinski definition) is 4. The quantitative estimate of drug-likeness (QED) is 0.316. The van der Waals surface area contributed by atoms with Crippen molar-refractivity contribution in [1.82, 2.24) is 0 Å².